The van der Waals surface area contributed by atoms with Gasteiger partial charge in [0.1, 0.15) is 5.75 Å². The van der Waals surface area contributed by atoms with Crippen molar-refractivity contribution in [2.45, 2.75) is 45.6 Å². The molecule has 2 aromatic rings. The number of nitrogens with one attached hydrogen (secondary N) is 1. The van der Waals surface area contributed by atoms with Gasteiger partial charge in [-0.1, -0.05) is 31.2 Å². The van der Waals surface area contributed by atoms with Gasteiger partial charge < -0.3 is 14.7 Å². The summed E-state index contributed by atoms with van der Waals surface area (Å²) >= 11 is 0. The van der Waals surface area contributed by atoms with Crippen LogP contribution in [0.4, 0.5) is 0 Å². The van der Waals surface area contributed by atoms with E-state index in [1.54, 1.807) is 17.7 Å². The van der Waals surface area contributed by atoms with Crippen LogP contribution in [0, 0.1) is 5.41 Å². The van der Waals surface area contributed by atoms with Crippen molar-refractivity contribution in [1.29, 1.82) is 5.41 Å². The lowest BCUT2D eigenvalue weighted by atomic mass is 9.92. The molecule has 1 aromatic heterocycles. The van der Waals surface area contributed by atoms with Gasteiger partial charge in [-0.25, -0.2) is 0 Å². The Morgan fingerprint density at radius 1 is 1.17 bits per heavy atom. The van der Waals surface area contributed by atoms with Crippen molar-refractivity contribution >= 4 is 5.71 Å². The molecule has 0 aliphatic carbocycles. The predicted octanol–water partition coefficient (Wildman–Crippen LogP) is 4.19. The van der Waals surface area contributed by atoms with Gasteiger partial charge in [-0.2, -0.15) is 0 Å². The molecule has 0 fully saturated rings. The van der Waals surface area contributed by atoms with E-state index in [0.717, 1.165) is 16.9 Å². The minimum absolute atomic E-state index is 0.00247. The summed E-state index contributed by atoms with van der Waals surface area (Å²) in [6.07, 6.45) is 3.10. The number of rotatable bonds is 7. The highest BCUT2D eigenvalue weighted by Gasteiger charge is 2.14. The number of benzene rings is 1. The zero-order valence-corrected chi connectivity index (χ0v) is 14.9. The van der Waals surface area contributed by atoms with E-state index in [4.69, 9.17) is 10.1 Å². The van der Waals surface area contributed by atoms with Crippen LogP contribution in [0.25, 0.3) is 0 Å². The molecule has 4 nitrogen and oxygen atoms in total. The molecule has 0 radical (unpaired) electrons. The maximum Gasteiger partial charge on any atom is 0.250 e. The van der Waals surface area contributed by atoms with Gasteiger partial charge in [0.15, 0.2) is 0 Å². The lowest BCUT2D eigenvalue weighted by molar-refractivity contribution is 0.407. The zero-order chi connectivity index (χ0) is 17.7. The van der Waals surface area contributed by atoms with Crippen LogP contribution in [0.15, 0.2) is 47.4 Å². The highest BCUT2D eigenvalue weighted by Crippen LogP contribution is 2.28. The second-order valence-electron chi connectivity index (χ2n) is 6.50. The Hall–Kier alpha value is -2.36. The Morgan fingerprint density at radius 2 is 1.88 bits per heavy atom. The third-order valence-corrected chi connectivity index (χ3v) is 4.20. The summed E-state index contributed by atoms with van der Waals surface area (Å²) in [5.74, 6) is 1.08. The number of aromatic nitrogens is 1. The molecule has 1 atom stereocenters. The number of methoxy groups -OCH3 is 1. The van der Waals surface area contributed by atoms with Crippen LogP contribution >= 0.6 is 0 Å². The molecule has 24 heavy (non-hydrogen) atoms. The fourth-order valence-corrected chi connectivity index (χ4v) is 2.93. The van der Waals surface area contributed by atoms with Gasteiger partial charge in [-0.3, -0.25) is 4.79 Å². The van der Waals surface area contributed by atoms with Crippen molar-refractivity contribution in [3.05, 3.63) is 64.1 Å². The molecule has 0 bridgehead atoms. The largest absolute Gasteiger partial charge is 0.496 e. The van der Waals surface area contributed by atoms with E-state index in [-0.39, 0.29) is 17.5 Å². The Balaban J connectivity index is 2.08. The topological polar surface area (TPSA) is 55.1 Å². The molecule has 1 heterocycles. The molecule has 0 aliphatic heterocycles. The first-order chi connectivity index (χ1) is 11.4. The summed E-state index contributed by atoms with van der Waals surface area (Å²) in [5, 5.41) is 8.34. The highest BCUT2D eigenvalue weighted by atomic mass is 16.5. The Kier molecular flexibility index (Phi) is 5.96. The van der Waals surface area contributed by atoms with E-state index in [1.165, 1.54) is 0 Å². The lowest BCUT2D eigenvalue weighted by Crippen LogP contribution is -2.21. The summed E-state index contributed by atoms with van der Waals surface area (Å²) in [7, 11) is 1.67. The van der Waals surface area contributed by atoms with E-state index in [0.29, 0.717) is 18.6 Å². The van der Waals surface area contributed by atoms with E-state index in [9.17, 15) is 4.79 Å². The predicted molar refractivity (Wildman–Crippen MR) is 98.5 cm³/mol. The molecule has 2 rings (SSSR count). The van der Waals surface area contributed by atoms with Crippen LogP contribution < -0.4 is 10.3 Å². The molecule has 0 saturated heterocycles. The molecule has 128 valence electrons. The maximum absolute atomic E-state index is 11.8. The molecule has 0 amide bonds. The average molecular weight is 326 g/mol. The minimum Gasteiger partial charge on any atom is -0.496 e. The second-order valence-corrected chi connectivity index (χ2v) is 6.50. The van der Waals surface area contributed by atoms with Crippen molar-refractivity contribution in [2.75, 3.05) is 7.11 Å². The first-order valence-electron chi connectivity index (χ1n) is 8.32. The van der Waals surface area contributed by atoms with E-state index in [2.05, 4.69) is 13.0 Å². The monoisotopic (exact) mass is 326 g/mol. The number of nitrogens with zero attached hydrogens (tertiary/aromatic N) is 1. The molecule has 1 aromatic carbocycles. The van der Waals surface area contributed by atoms with Crippen molar-refractivity contribution in [3.63, 3.8) is 0 Å². The van der Waals surface area contributed by atoms with Gasteiger partial charge in [0.2, 0.25) is 0 Å². The van der Waals surface area contributed by atoms with E-state index >= 15 is 0 Å². The van der Waals surface area contributed by atoms with E-state index in [1.807, 2.05) is 44.3 Å². The summed E-state index contributed by atoms with van der Waals surface area (Å²) in [6, 6.07) is 11.5. The zero-order valence-electron chi connectivity index (χ0n) is 14.9. The number of hydrogen-bond donors (Lipinski definition) is 1. The van der Waals surface area contributed by atoms with Crippen molar-refractivity contribution in [1.82, 2.24) is 4.57 Å². The molecule has 1 N–H and O–H groups in total. The Bertz CT molecular complexity index is 762. The first-order valence-corrected chi connectivity index (χ1v) is 8.32. The van der Waals surface area contributed by atoms with Gasteiger partial charge in [0.05, 0.1) is 7.11 Å². The molecular weight excluding hydrogens is 300 g/mol. The third kappa shape index (κ3) is 4.34. The van der Waals surface area contributed by atoms with Crippen molar-refractivity contribution in [2.24, 2.45) is 0 Å². The SMILES string of the molecule is COc1ccccc1[C@H](C)CC(=N)Cc1ccc(=O)n(C(C)C)c1. The van der Waals surface area contributed by atoms with Gasteiger partial charge in [0.25, 0.3) is 5.56 Å². The van der Waals surface area contributed by atoms with Gasteiger partial charge in [0, 0.05) is 30.4 Å². The first kappa shape index (κ1) is 18.0. The van der Waals surface area contributed by atoms with Gasteiger partial charge >= 0.3 is 0 Å². The summed E-state index contributed by atoms with van der Waals surface area (Å²) in [5.41, 5.74) is 2.78. The van der Waals surface area contributed by atoms with E-state index < -0.39 is 0 Å². The molecule has 4 heteroatoms. The average Bonchev–Trinajstić information content (AvgIpc) is 2.56. The number of pyridine rings is 1. The molecule has 0 spiro atoms. The summed E-state index contributed by atoms with van der Waals surface area (Å²) in [4.78, 5) is 11.8. The fourth-order valence-electron chi connectivity index (χ4n) is 2.93. The fraction of sp³-hybridized carbons (Fsp3) is 0.400. The standard InChI is InChI=1S/C20H26N2O2/c1-14(2)22-13-16(9-10-20(22)23)12-17(21)11-15(3)18-7-5-6-8-19(18)24-4/h5-10,13-15,21H,11-12H2,1-4H3/t15-/m1/s1. The third-order valence-electron chi connectivity index (χ3n) is 4.20. The van der Waals surface area contributed by atoms with Crippen LogP contribution in [-0.4, -0.2) is 17.4 Å². The highest BCUT2D eigenvalue weighted by molar-refractivity contribution is 5.84. The summed E-state index contributed by atoms with van der Waals surface area (Å²) in [6.45, 7) is 6.09. The van der Waals surface area contributed by atoms with Crippen molar-refractivity contribution < 1.29 is 4.74 Å². The summed E-state index contributed by atoms with van der Waals surface area (Å²) < 4.78 is 7.13. The molecule has 0 saturated carbocycles. The quantitative estimate of drug-likeness (QED) is 0.776. The lowest BCUT2D eigenvalue weighted by Gasteiger charge is -2.17. The van der Waals surface area contributed by atoms with Crippen LogP contribution in [0.3, 0.4) is 0 Å². The van der Waals surface area contributed by atoms with Crippen LogP contribution in [0.2, 0.25) is 0 Å². The maximum atomic E-state index is 11.8. The van der Waals surface area contributed by atoms with Crippen LogP contribution in [-0.2, 0) is 6.42 Å². The van der Waals surface area contributed by atoms with Crippen LogP contribution in [0.1, 0.15) is 50.3 Å². The van der Waals surface area contributed by atoms with Gasteiger partial charge in [-0.05, 0) is 43.4 Å². The number of para-hydroxylation sites is 1. The van der Waals surface area contributed by atoms with Crippen molar-refractivity contribution in [3.8, 4) is 5.75 Å². The Morgan fingerprint density at radius 3 is 2.54 bits per heavy atom. The van der Waals surface area contributed by atoms with Gasteiger partial charge in [-0.15, -0.1) is 0 Å². The normalized spacial score (nSPS) is 12.2. The number of hydrogen-bond acceptors (Lipinski definition) is 3. The minimum atomic E-state index is 0.00247. The molecule has 0 aliphatic rings. The molecule has 0 unspecified atom stereocenters. The number of ether oxygens (including phenoxy) is 1. The smallest absolute Gasteiger partial charge is 0.250 e. The Labute approximate surface area is 143 Å². The second kappa shape index (κ2) is 7.95. The van der Waals surface area contributed by atoms with Crippen LogP contribution in [0.5, 0.6) is 5.75 Å². The molecular formula is C20H26N2O2.